The minimum Gasteiger partial charge on any atom is -0.457 e. The Kier molecular flexibility index (Phi) is 5.42. The second-order valence-corrected chi connectivity index (χ2v) is 6.52. The van der Waals surface area contributed by atoms with Crippen molar-refractivity contribution in [2.24, 2.45) is 0 Å². The zero-order valence-corrected chi connectivity index (χ0v) is 15.6. The molecule has 1 N–H and O–H groups in total. The Morgan fingerprint density at radius 2 is 1.62 bits per heavy atom. The van der Waals surface area contributed by atoms with E-state index in [-0.39, 0.29) is 25.7 Å². The maximum Gasteiger partial charge on any atom is 0.340 e. The normalized spacial score (nSPS) is 11.7. The second kappa shape index (κ2) is 8.48. The van der Waals surface area contributed by atoms with Gasteiger partial charge in [0.2, 0.25) is 12.7 Å². The van der Waals surface area contributed by atoms with Crippen molar-refractivity contribution in [3.63, 3.8) is 0 Å². The first-order valence-electron chi connectivity index (χ1n) is 9.17. The molecule has 6 heteroatoms. The van der Waals surface area contributed by atoms with Gasteiger partial charge in [-0.05, 0) is 35.4 Å². The van der Waals surface area contributed by atoms with Crippen LogP contribution in [0.2, 0.25) is 0 Å². The average Bonchev–Trinajstić information content (AvgIpc) is 3.21. The third-order valence-electron chi connectivity index (χ3n) is 4.44. The Balaban J connectivity index is 1.40. The van der Waals surface area contributed by atoms with Gasteiger partial charge in [0.25, 0.3) is 0 Å². The number of carbonyl (C=O) groups excluding carboxylic acids is 2. The van der Waals surface area contributed by atoms with Crippen LogP contribution in [0.3, 0.4) is 0 Å². The van der Waals surface area contributed by atoms with Crippen LogP contribution in [-0.2, 0) is 22.6 Å². The van der Waals surface area contributed by atoms with E-state index >= 15 is 0 Å². The predicted molar refractivity (Wildman–Crippen MR) is 107 cm³/mol. The summed E-state index contributed by atoms with van der Waals surface area (Å²) in [6.07, 6.45) is 0.224. The Bertz CT molecular complexity index is 1030. The van der Waals surface area contributed by atoms with Gasteiger partial charge in [-0.1, -0.05) is 48.5 Å². The fourth-order valence-electron chi connectivity index (χ4n) is 3.00. The van der Waals surface area contributed by atoms with Crippen LogP contribution in [0.15, 0.2) is 72.8 Å². The van der Waals surface area contributed by atoms with Crippen LogP contribution >= 0.6 is 0 Å². The molecule has 0 aromatic heterocycles. The number of rotatable bonds is 6. The molecular weight excluding hydrogens is 370 g/mol. The van der Waals surface area contributed by atoms with Crippen molar-refractivity contribution in [1.82, 2.24) is 0 Å². The lowest BCUT2D eigenvalue weighted by Gasteiger charge is -2.11. The number of ether oxygens (including phenoxy) is 3. The lowest BCUT2D eigenvalue weighted by atomic mass is 10.1. The maximum atomic E-state index is 12.6. The molecule has 146 valence electrons. The van der Waals surface area contributed by atoms with E-state index in [4.69, 9.17) is 14.2 Å². The van der Waals surface area contributed by atoms with Gasteiger partial charge in [0.15, 0.2) is 11.5 Å². The third-order valence-corrected chi connectivity index (χ3v) is 4.44. The molecule has 3 aromatic rings. The van der Waals surface area contributed by atoms with Crippen LogP contribution in [-0.4, -0.2) is 18.7 Å². The van der Waals surface area contributed by atoms with Crippen molar-refractivity contribution >= 4 is 17.6 Å². The zero-order chi connectivity index (χ0) is 20.1. The number of esters is 1. The van der Waals surface area contributed by atoms with Gasteiger partial charge in [-0.15, -0.1) is 0 Å². The molecule has 0 radical (unpaired) electrons. The Hall–Kier alpha value is -3.80. The SMILES string of the molecule is O=C(Cc1ccccc1)Nc1ccccc1C(=O)OCc1ccc2c(c1)OCO2. The Morgan fingerprint density at radius 3 is 2.48 bits per heavy atom. The van der Waals surface area contributed by atoms with Gasteiger partial charge < -0.3 is 19.5 Å². The Labute approximate surface area is 168 Å². The van der Waals surface area contributed by atoms with E-state index in [2.05, 4.69) is 5.32 Å². The van der Waals surface area contributed by atoms with Crippen molar-refractivity contribution in [2.45, 2.75) is 13.0 Å². The van der Waals surface area contributed by atoms with E-state index in [9.17, 15) is 9.59 Å². The van der Waals surface area contributed by atoms with Gasteiger partial charge in [-0.2, -0.15) is 0 Å². The molecule has 3 aromatic carbocycles. The highest BCUT2D eigenvalue weighted by Gasteiger charge is 2.17. The van der Waals surface area contributed by atoms with E-state index in [1.807, 2.05) is 36.4 Å². The summed E-state index contributed by atoms with van der Waals surface area (Å²) in [5, 5.41) is 2.80. The number of hydrogen-bond acceptors (Lipinski definition) is 5. The predicted octanol–water partition coefficient (Wildman–Crippen LogP) is 3.95. The maximum absolute atomic E-state index is 12.6. The van der Waals surface area contributed by atoms with Crippen molar-refractivity contribution in [3.8, 4) is 11.5 Å². The average molecular weight is 389 g/mol. The number of nitrogens with one attached hydrogen (secondary N) is 1. The van der Waals surface area contributed by atoms with Gasteiger partial charge in [0.1, 0.15) is 6.61 Å². The number of para-hydroxylation sites is 1. The van der Waals surface area contributed by atoms with Crippen LogP contribution in [0.4, 0.5) is 5.69 Å². The van der Waals surface area contributed by atoms with Gasteiger partial charge in [-0.3, -0.25) is 4.79 Å². The first-order valence-corrected chi connectivity index (χ1v) is 9.17. The molecule has 1 aliphatic rings. The summed E-state index contributed by atoms with van der Waals surface area (Å²) in [4.78, 5) is 24.9. The molecule has 0 saturated heterocycles. The molecule has 1 aliphatic heterocycles. The van der Waals surface area contributed by atoms with E-state index in [1.54, 1.807) is 36.4 Å². The highest BCUT2D eigenvalue weighted by Crippen LogP contribution is 2.32. The number of amides is 1. The quantitative estimate of drug-likeness (QED) is 0.646. The smallest absolute Gasteiger partial charge is 0.340 e. The van der Waals surface area contributed by atoms with Crippen molar-refractivity contribution in [1.29, 1.82) is 0 Å². The summed E-state index contributed by atoms with van der Waals surface area (Å²) in [6, 6.07) is 21.6. The van der Waals surface area contributed by atoms with Gasteiger partial charge in [-0.25, -0.2) is 4.79 Å². The molecule has 0 atom stereocenters. The molecule has 1 heterocycles. The van der Waals surface area contributed by atoms with E-state index in [0.29, 0.717) is 22.7 Å². The first kappa shape index (κ1) is 18.6. The lowest BCUT2D eigenvalue weighted by molar-refractivity contribution is -0.115. The summed E-state index contributed by atoms with van der Waals surface area (Å²) in [5.41, 5.74) is 2.40. The number of hydrogen-bond donors (Lipinski definition) is 1. The molecule has 0 aliphatic carbocycles. The van der Waals surface area contributed by atoms with Crippen LogP contribution in [0.25, 0.3) is 0 Å². The fourth-order valence-corrected chi connectivity index (χ4v) is 3.00. The van der Waals surface area contributed by atoms with Gasteiger partial charge in [0.05, 0.1) is 17.7 Å². The number of benzene rings is 3. The molecule has 0 fully saturated rings. The Morgan fingerprint density at radius 1 is 0.862 bits per heavy atom. The van der Waals surface area contributed by atoms with E-state index < -0.39 is 5.97 Å². The lowest BCUT2D eigenvalue weighted by Crippen LogP contribution is -2.17. The zero-order valence-electron chi connectivity index (χ0n) is 15.6. The van der Waals surface area contributed by atoms with Crippen molar-refractivity contribution in [3.05, 3.63) is 89.5 Å². The van der Waals surface area contributed by atoms with Crippen LogP contribution in [0.1, 0.15) is 21.5 Å². The second-order valence-electron chi connectivity index (χ2n) is 6.52. The summed E-state index contributed by atoms with van der Waals surface area (Å²) in [5.74, 6) is 0.587. The van der Waals surface area contributed by atoms with Gasteiger partial charge in [0, 0.05) is 0 Å². The largest absolute Gasteiger partial charge is 0.457 e. The topological polar surface area (TPSA) is 73.9 Å². The molecule has 1 amide bonds. The van der Waals surface area contributed by atoms with Gasteiger partial charge >= 0.3 is 5.97 Å². The molecular formula is C23H19NO5. The van der Waals surface area contributed by atoms with Crippen molar-refractivity contribution in [2.75, 3.05) is 12.1 Å². The highest BCUT2D eigenvalue weighted by atomic mass is 16.7. The minimum atomic E-state index is -0.515. The third kappa shape index (κ3) is 4.55. The molecule has 0 unspecified atom stereocenters. The van der Waals surface area contributed by atoms with Crippen LogP contribution < -0.4 is 14.8 Å². The minimum absolute atomic E-state index is 0.0851. The molecule has 29 heavy (non-hydrogen) atoms. The summed E-state index contributed by atoms with van der Waals surface area (Å²) >= 11 is 0. The van der Waals surface area contributed by atoms with E-state index in [0.717, 1.165) is 11.1 Å². The number of anilines is 1. The number of fused-ring (bicyclic) bond motifs is 1. The summed E-state index contributed by atoms with van der Waals surface area (Å²) in [6.45, 7) is 0.274. The molecule has 0 spiro atoms. The van der Waals surface area contributed by atoms with Crippen LogP contribution in [0, 0.1) is 0 Å². The first-order chi connectivity index (χ1) is 14.2. The molecule has 4 rings (SSSR count). The van der Waals surface area contributed by atoms with Crippen LogP contribution in [0.5, 0.6) is 11.5 Å². The highest BCUT2D eigenvalue weighted by molar-refractivity contribution is 6.01. The number of carbonyl (C=O) groups is 2. The fraction of sp³-hybridized carbons (Fsp3) is 0.130. The van der Waals surface area contributed by atoms with Crippen molar-refractivity contribution < 1.29 is 23.8 Å². The summed E-state index contributed by atoms with van der Waals surface area (Å²) in [7, 11) is 0. The van der Waals surface area contributed by atoms with E-state index in [1.165, 1.54) is 0 Å². The molecule has 6 nitrogen and oxygen atoms in total. The summed E-state index contributed by atoms with van der Waals surface area (Å²) < 4.78 is 16.0. The molecule has 0 saturated carbocycles. The standard InChI is InChI=1S/C23H19NO5/c25-22(13-16-6-2-1-3-7-16)24-19-9-5-4-8-18(19)23(26)27-14-17-10-11-20-21(12-17)29-15-28-20/h1-12H,13-15H2,(H,24,25). The molecule has 0 bridgehead atoms. The monoisotopic (exact) mass is 389 g/mol.